The van der Waals surface area contributed by atoms with Crippen molar-refractivity contribution in [1.82, 2.24) is 5.32 Å². The van der Waals surface area contributed by atoms with Crippen molar-refractivity contribution < 1.29 is 18.7 Å². The highest BCUT2D eigenvalue weighted by Crippen LogP contribution is 2.31. The first-order chi connectivity index (χ1) is 14.1. The standard InChI is InChI=1S/C23H24N2O4/c1-3-28-19-10-5-7-16-14-20(29-22(16)19)15(2)24-23(27)17-8-4-9-18(13-17)25-12-6-11-21(25)26/h4-5,7-10,13-15H,3,6,11-12H2,1-2H3,(H,24,27). The molecule has 3 aromatic rings. The molecule has 2 heterocycles. The van der Waals surface area contributed by atoms with Crippen LogP contribution < -0.4 is 15.0 Å². The number of carbonyl (C=O) groups excluding carboxylic acids is 2. The summed E-state index contributed by atoms with van der Waals surface area (Å²) in [6.07, 6.45) is 1.41. The van der Waals surface area contributed by atoms with Gasteiger partial charge in [0.2, 0.25) is 5.91 Å². The Labute approximate surface area is 169 Å². The number of anilines is 1. The van der Waals surface area contributed by atoms with Crippen molar-refractivity contribution >= 4 is 28.5 Å². The van der Waals surface area contributed by atoms with Gasteiger partial charge in [0.05, 0.1) is 12.6 Å². The van der Waals surface area contributed by atoms with Gasteiger partial charge in [-0.05, 0) is 50.6 Å². The van der Waals surface area contributed by atoms with Gasteiger partial charge in [-0.25, -0.2) is 0 Å². The minimum atomic E-state index is -0.318. The summed E-state index contributed by atoms with van der Waals surface area (Å²) in [6.45, 7) is 5.05. The van der Waals surface area contributed by atoms with E-state index in [2.05, 4.69) is 5.32 Å². The van der Waals surface area contributed by atoms with Crippen molar-refractivity contribution in [3.05, 3.63) is 59.9 Å². The van der Waals surface area contributed by atoms with Gasteiger partial charge < -0.3 is 19.4 Å². The number of furan rings is 1. The largest absolute Gasteiger partial charge is 0.490 e. The Morgan fingerprint density at radius 2 is 2.07 bits per heavy atom. The molecule has 1 aliphatic heterocycles. The van der Waals surface area contributed by atoms with Crippen molar-refractivity contribution in [2.75, 3.05) is 18.1 Å². The topological polar surface area (TPSA) is 71.8 Å². The predicted octanol–water partition coefficient (Wildman–Crippen LogP) is 4.45. The molecule has 2 amide bonds. The van der Waals surface area contributed by atoms with Gasteiger partial charge in [0, 0.05) is 29.6 Å². The van der Waals surface area contributed by atoms with Crippen molar-refractivity contribution in [1.29, 1.82) is 0 Å². The van der Waals surface area contributed by atoms with Crippen LogP contribution in [0.5, 0.6) is 5.75 Å². The molecule has 0 saturated carbocycles. The molecule has 1 N–H and O–H groups in total. The van der Waals surface area contributed by atoms with Gasteiger partial charge in [-0.15, -0.1) is 0 Å². The summed E-state index contributed by atoms with van der Waals surface area (Å²) in [5, 5.41) is 3.91. The van der Waals surface area contributed by atoms with E-state index in [9.17, 15) is 9.59 Å². The van der Waals surface area contributed by atoms with Gasteiger partial charge in [-0.1, -0.05) is 18.2 Å². The van der Waals surface area contributed by atoms with E-state index >= 15 is 0 Å². The molecule has 0 spiro atoms. The van der Waals surface area contributed by atoms with E-state index < -0.39 is 0 Å². The Morgan fingerprint density at radius 1 is 1.24 bits per heavy atom. The van der Waals surface area contributed by atoms with E-state index in [-0.39, 0.29) is 17.9 Å². The Balaban J connectivity index is 1.52. The minimum absolute atomic E-state index is 0.100. The first kappa shape index (κ1) is 19.1. The zero-order valence-corrected chi connectivity index (χ0v) is 16.6. The van der Waals surface area contributed by atoms with Gasteiger partial charge in [-0.3, -0.25) is 9.59 Å². The lowest BCUT2D eigenvalue weighted by Gasteiger charge is -2.17. The van der Waals surface area contributed by atoms with Crippen LogP contribution in [-0.2, 0) is 4.79 Å². The molecular weight excluding hydrogens is 368 g/mol. The maximum absolute atomic E-state index is 12.8. The van der Waals surface area contributed by atoms with Crippen LogP contribution in [0.3, 0.4) is 0 Å². The Morgan fingerprint density at radius 3 is 2.83 bits per heavy atom. The zero-order valence-electron chi connectivity index (χ0n) is 16.6. The second kappa shape index (κ2) is 7.99. The lowest BCUT2D eigenvalue weighted by atomic mass is 10.1. The van der Waals surface area contributed by atoms with E-state index in [1.54, 1.807) is 23.1 Å². The molecule has 1 saturated heterocycles. The zero-order chi connectivity index (χ0) is 20.4. The number of rotatable bonds is 6. The van der Waals surface area contributed by atoms with Crippen LogP contribution >= 0.6 is 0 Å². The van der Waals surface area contributed by atoms with E-state index in [1.807, 2.05) is 44.2 Å². The molecule has 1 aromatic heterocycles. The van der Waals surface area contributed by atoms with Crippen molar-refractivity contribution in [2.45, 2.75) is 32.7 Å². The number of hydrogen-bond donors (Lipinski definition) is 1. The molecule has 2 aromatic carbocycles. The monoisotopic (exact) mass is 392 g/mol. The third-order valence-corrected chi connectivity index (χ3v) is 5.09. The summed E-state index contributed by atoms with van der Waals surface area (Å²) in [6, 6.07) is 14.5. The number of para-hydroxylation sites is 1. The number of benzene rings is 2. The average molecular weight is 392 g/mol. The van der Waals surface area contributed by atoms with E-state index in [1.165, 1.54) is 0 Å². The number of ether oxygens (including phenoxy) is 1. The summed E-state index contributed by atoms with van der Waals surface area (Å²) in [5.74, 6) is 1.24. The van der Waals surface area contributed by atoms with Crippen LogP contribution in [0.25, 0.3) is 11.0 Å². The molecule has 0 bridgehead atoms. The maximum Gasteiger partial charge on any atom is 0.251 e. The SMILES string of the molecule is CCOc1cccc2cc(C(C)NC(=O)c3cccc(N4CCCC4=O)c3)oc12. The van der Waals surface area contributed by atoms with Gasteiger partial charge in [0.1, 0.15) is 5.76 Å². The Bertz CT molecular complexity index is 1060. The summed E-state index contributed by atoms with van der Waals surface area (Å²) in [7, 11) is 0. The third kappa shape index (κ3) is 3.83. The number of hydrogen-bond acceptors (Lipinski definition) is 4. The van der Waals surface area contributed by atoms with E-state index in [0.717, 1.165) is 17.5 Å². The molecule has 6 nitrogen and oxygen atoms in total. The quantitative estimate of drug-likeness (QED) is 0.673. The van der Waals surface area contributed by atoms with E-state index in [4.69, 9.17) is 9.15 Å². The van der Waals surface area contributed by atoms with Crippen LogP contribution in [0.2, 0.25) is 0 Å². The second-order valence-electron chi connectivity index (χ2n) is 7.15. The van der Waals surface area contributed by atoms with Crippen LogP contribution in [0.15, 0.2) is 52.9 Å². The van der Waals surface area contributed by atoms with Crippen LogP contribution in [0.1, 0.15) is 48.8 Å². The van der Waals surface area contributed by atoms with Crippen LogP contribution in [0.4, 0.5) is 5.69 Å². The van der Waals surface area contributed by atoms with Crippen LogP contribution in [0, 0.1) is 0 Å². The Kier molecular flexibility index (Phi) is 5.25. The predicted molar refractivity (Wildman–Crippen MR) is 111 cm³/mol. The Hall–Kier alpha value is -3.28. The molecule has 0 radical (unpaired) electrons. The fourth-order valence-electron chi connectivity index (χ4n) is 3.63. The number of fused-ring (bicyclic) bond motifs is 1. The van der Waals surface area contributed by atoms with Crippen molar-refractivity contribution in [2.24, 2.45) is 0 Å². The molecule has 4 rings (SSSR count). The number of amides is 2. The smallest absolute Gasteiger partial charge is 0.251 e. The van der Waals surface area contributed by atoms with E-state index in [0.29, 0.717) is 42.2 Å². The van der Waals surface area contributed by atoms with Crippen LogP contribution in [-0.4, -0.2) is 25.0 Å². The third-order valence-electron chi connectivity index (χ3n) is 5.09. The lowest BCUT2D eigenvalue weighted by molar-refractivity contribution is -0.117. The molecule has 1 atom stereocenters. The molecular formula is C23H24N2O4. The number of nitrogens with zero attached hydrogens (tertiary/aromatic N) is 1. The van der Waals surface area contributed by atoms with Crippen molar-refractivity contribution in [3.8, 4) is 5.75 Å². The molecule has 29 heavy (non-hydrogen) atoms. The van der Waals surface area contributed by atoms with Gasteiger partial charge in [-0.2, -0.15) is 0 Å². The first-order valence-corrected chi connectivity index (χ1v) is 9.93. The fourth-order valence-corrected chi connectivity index (χ4v) is 3.63. The number of nitrogens with one attached hydrogen (secondary N) is 1. The summed E-state index contributed by atoms with van der Waals surface area (Å²) in [4.78, 5) is 26.5. The minimum Gasteiger partial charge on any atom is -0.490 e. The summed E-state index contributed by atoms with van der Waals surface area (Å²) >= 11 is 0. The highest BCUT2D eigenvalue weighted by Gasteiger charge is 2.23. The lowest BCUT2D eigenvalue weighted by Crippen LogP contribution is -2.27. The molecule has 6 heteroatoms. The summed E-state index contributed by atoms with van der Waals surface area (Å²) < 4.78 is 11.6. The van der Waals surface area contributed by atoms with Gasteiger partial charge in [0.15, 0.2) is 11.3 Å². The molecule has 150 valence electrons. The van der Waals surface area contributed by atoms with Gasteiger partial charge in [0.25, 0.3) is 5.91 Å². The average Bonchev–Trinajstić information content (AvgIpc) is 3.35. The normalized spacial score (nSPS) is 15.0. The van der Waals surface area contributed by atoms with Crippen molar-refractivity contribution in [3.63, 3.8) is 0 Å². The highest BCUT2D eigenvalue weighted by molar-refractivity contribution is 5.99. The highest BCUT2D eigenvalue weighted by atomic mass is 16.5. The van der Waals surface area contributed by atoms with Gasteiger partial charge >= 0.3 is 0 Å². The molecule has 0 aliphatic carbocycles. The number of carbonyl (C=O) groups is 2. The molecule has 1 fully saturated rings. The first-order valence-electron chi connectivity index (χ1n) is 9.93. The summed E-state index contributed by atoms with van der Waals surface area (Å²) in [5.41, 5.74) is 1.96. The second-order valence-corrected chi connectivity index (χ2v) is 7.15. The maximum atomic E-state index is 12.8. The molecule has 1 unspecified atom stereocenters. The fraction of sp³-hybridized carbons (Fsp3) is 0.304. The molecule has 1 aliphatic rings.